The molecule has 0 aromatic carbocycles. The second kappa shape index (κ2) is 5.58. The number of rotatable bonds is 5. The van der Waals surface area contributed by atoms with Crippen molar-refractivity contribution in [2.24, 2.45) is 0 Å². The molecule has 0 aromatic rings. The van der Waals surface area contributed by atoms with Crippen molar-refractivity contribution in [3.63, 3.8) is 0 Å². The maximum absolute atomic E-state index is 11.5. The standard InChI is InChI=1S/C11H19NO2/c1-6-10(13)9(5)12(8(3)4)11(14)7-2/h7-9H,2,6H2,1,3-5H3. The molecule has 0 saturated carbocycles. The summed E-state index contributed by atoms with van der Waals surface area (Å²) in [6.07, 6.45) is 1.70. The van der Waals surface area contributed by atoms with Crippen molar-refractivity contribution in [3.05, 3.63) is 12.7 Å². The lowest BCUT2D eigenvalue weighted by Crippen LogP contribution is -2.46. The second-order valence-corrected chi connectivity index (χ2v) is 3.54. The molecule has 1 atom stereocenters. The number of hydrogen-bond donors (Lipinski definition) is 0. The Bertz CT molecular complexity index is 233. The SMILES string of the molecule is C=CC(=O)N(C(C)C)C(C)C(=O)CC. The fourth-order valence-electron chi connectivity index (χ4n) is 1.45. The van der Waals surface area contributed by atoms with Crippen LogP contribution in [0.3, 0.4) is 0 Å². The molecular weight excluding hydrogens is 178 g/mol. The number of hydrogen-bond acceptors (Lipinski definition) is 2. The van der Waals surface area contributed by atoms with E-state index in [0.29, 0.717) is 6.42 Å². The summed E-state index contributed by atoms with van der Waals surface area (Å²) in [6, 6.07) is -0.337. The molecule has 1 amide bonds. The lowest BCUT2D eigenvalue weighted by Gasteiger charge is -2.30. The highest BCUT2D eigenvalue weighted by atomic mass is 16.2. The lowest BCUT2D eigenvalue weighted by molar-refractivity contribution is -0.137. The van der Waals surface area contributed by atoms with Gasteiger partial charge in [-0.05, 0) is 26.8 Å². The molecule has 0 N–H and O–H groups in total. The zero-order chi connectivity index (χ0) is 11.3. The minimum absolute atomic E-state index is 0.0194. The van der Waals surface area contributed by atoms with Gasteiger partial charge in [-0.25, -0.2) is 0 Å². The van der Waals surface area contributed by atoms with E-state index in [2.05, 4.69) is 6.58 Å². The van der Waals surface area contributed by atoms with Crippen LogP contribution in [0, 0.1) is 0 Å². The van der Waals surface area contributed by atoms with Gasteiger partial charge in [0.2, 0.25) is 5.91 Å². The first kappa shape index (κ1) is 12.9. The Morgan fingerprint density at radius 3 is 2.14 bits per heavy atom. The molecule has 0 spiro atoms. The number of nitrogens with zero attached hydrogens (tertiary/aromatic N) is 1. The summed E-state index contributed by atoms with van der Waals surface area (Å²) >= 11 is 0. The van der Waals surface area contributed by atoms with Gasteiger partial charge in [-0.2, -0.15) is 0 Å². The molecule has 0 heterocycles. The summed E-state index contributed by atoms with van der Waals surface area (Å²) in [6.45, 7) is 10.8. The summed E-state index contributed by atoms with van der Waals surface area (Å²) < 4.78 is 0. The van der Waals surface area contributed by atoms with Crippen molar-refractivity contribution in [1.29, 1.82) is 0 Å². The fraction of sp³-hybridized carbons (Fsp3) is 0.636. The average molecular weight is 197 g/mol. The first-order valence-electron chi connectivity index (χ1n) is 4.93. The van der Waals surface area contributed by atoms with Crippen LogP contribution in [0.15, 0.2) is 12.7 Å². The van der Waals surface area contributed by atoms with E-state index in [-0.39, 0.29) is 23.8 Å². The van der Waals surface area contributed by atoms with E-state index < -0.39 is 0 Å². The first-order chi connectivity index (χ1) is 6.45. The summed E-state index contributed by atoms with van der Waals surface area (Å²) in [5.41, 5.74) is 0. The van der Waals surface area contributed by atoms with Gasteiger partial charge in [0, 0.05) is 12.5 Å². The van der Waals surface area contributed by atoms with Gasteiger partial charge in [0.15, 0.2) is 5.78 Å². The third-order valence-electron chi connectivity index (χ3n) is 2.22. The molecule has 0 aromatic heterocycles. The fourth-order valence-corrected chi connectivity index (χ4v) is 1.45. The zero-order valence-electron chi connectivity index (χ0n) is 9.41. The largest absolute Gasteiger partial charge is 0.327 e. The summed E-state index contributed by atoms with van der Waals surface area (Å²) in [4.78, 5) is 24.5. The highest BCUT2D eigenvalue weighted by Gasteiger charge is 2.24. The Balaban J connectivity index is 4.73. The van der Waals surface area contributed by atoms with Crippen molar-refractivity contribution >= 4 is 11.7 Å². The molecule has 1 unspecified atom stereocenters. The van der Waals surface area contributed by atoms with Gasteiger partial charge in [-0.3, -0.25) is 9.59 Å². The van der Waals surface area contributed by atoms with Gasteiger partial charge in [-0.1, -0.05) is 13.5 Å². The quantitative estimate of drug-likeness (QED) is 0.630. The van der Waals surface area contributed by atoms with Crippen LogP contribution in [0.1, 0.15) is 34.1 Å². The average Bonchev–Trinajstić information content (AvgIpc) is 2.15. The molecule has 0 saturated heterocycles. The van der Waals surface area contributed by atoms with Crippen LogP contribution in [0.25, 0.3) is 0 Å². The van der Waals surface area contributed by atoms with Crippen LogP contribution in [-0.4, -0.2) is 28.7 Å². The number of carbonyl (C=O) groups is 2. The first-order valence-corrected chi connectivity index (χ1v) is 4.93. The monoisotopic (exact) mass is 197 g/mol. The molecule has 3 nitrogen and oxygen atoms in total. The van der Waals surface area contributed by atoms with E-state index in [9.17, 15) is 9.59 Å². The van der Waals surface area contributed by atoms with Crippen molar-refractivity contribution in [2.75, 3.05) is 0 Å². The highest BCUT2D eigenvalue weighted by Crippen LogP contribution is 2.08. The third-order valence-corrected chi connectivity index (χ3v) is 2.22. The molecule has 3 heteroatoms. The predicted octanol–water partition coefficient (Wildman–Crippen LogP) is 1.78. The predicted molar refractivity (Wildman–Crippen MR) is 56.9 cm³/mol. The number of carbonyl (C=O) groups excluding carboxylic acids is 2. The Hall–Kier alpha value is -1.12. The van der Waals surface area contributed by atoms with Crippen LogP contribution in [0.5, 0.6) is 0 Å². The molecule has 0 fully saturated rings. The molecule has 0 rings (SSSR count). The summed E-state index contributed by atoms with van der Waals surface area (Å²) in [7, 11) is 0. The summed E-state index contributed by atoms with van der Waals surface area (Å²) in [5.74, 6) is -0.108. The van der Waals surface area contributed by atoms with E-state index in [1.165, 1.54) is 6.08 Å². The third kappa shape index (κ3) is 2.98. The number of Topliss-reactive ketones (excluding diaryl/α,β-unsaturated/α-hetero) is 1. The molecule has 14 heavy (non-hydrogen) atoms. The Morgan fingerprint density at radius 2 is 1.86 bits per heavy atom. The Labute approximate surface area is 85.8 Å². The van der Waals surface area contributed by atoms with Gasteiger partial charge in [0.05, 0.1) is 6.04 Å². The summed E-state index contributed by atoms with van der Waals surface area (Å²) in [5, 5.41) is 0. The number of ketones is 1. The van der Waals surface area contributed by atoms with Gasteiger partial charge in [0.25, 0.3) is 0 Å². The minimum Gasteiger partial charge on any atom is -0.327 e. The van der Waals surface area contributed by atoms with E-state index in [4.69, 9.17) is 0 Å². The minimum atomic E-state index is -0.356. The number of amides is 1. The van der Waals surface area contributed by atoms with E-state index in [1.807, 2.05) is 13.8 Å². The topological polar surface area (TPSA) is 37.4 Å². The highest BCUT2D eigenvalue weighted by molar-refractivity contribution is 5.93. The van der Waals surface area contributed by atoms with Crippen LogP contribution in [0.2, 0.25) is 0 Å². The van der Waals surface area contributed by atoms with Gasteiger partial charge < -0.3 is 4.90 Å². The molecule has 0 aliphatic rings. The van der Waals surface area contributed by atoms with E-state index in [0.717, 1.165) is 0 Å². The van der Waals surface area contributed by atoms with Crippen LogP contribution in [0.4, 0.5) is 0 Å². The molecule has 80 valence electrons. The lowest BCUT2D eigenvalue weighted by atomic mass is 10.1. The van der Waals surface area contributed by atoms with Gasteiger partial charge >= 0.3 is 0 Å². The second-order valence-electron chi connectivity index (χ2n) is 3.54. The van der Waals surface area contributed by atoms with Crippen LogP contribution >= 0.6 is 0 Å². The molecule has 0 aliphatic heterocycles. The zero-order valence-corrected chi connectivity index (χ0v) is 9.41. The maximum Gasteiger partial charge on any atom is 0.246 e. The van der Waals surface area contributed by atoms with E-state index in [1.54, 1.807) is 18.7 Å². The molecule has 0 bridgehead atoms. The van der Waals surface area contributed by atoms with Crippen molar-refractivity contribution in [1.82, 2.24) is 4.90 Å². The smallest absolute Gasteiger partial charge is 0.246 e. The molecule has 0 radical (unpaired) electrons. The van der Waals surface area contributed by atoms with Gasteiger partial charge in [0.1, 0.15) is 0 Å². The van der Waals surface area contributed by atoms with Crippen molar-refractivity contribution < 1.29 is 9.59 Å². The molecule has 0 aliphatic carbocycles. The van der Waals surface area contributed by atoms with Gasteiger partial charge in [-0.15, -0.1) is 0 Å². The van der Waals surface area contributed by atoms with E-state index >= 15 is 0 Å². The maximum atomic E-state index is 11.5. The van der Waals surface area contributed by atoms with Crippen molar-refractivity contribution in [3.8, 4) is 0 Å². The van der Waals surface area contributed by atoms with Crippen LogP contribution < -0.4 is 0 Å². The van der Waals surface area contributed by atoms with Crippen LogP contribution in [-0.2, 0) is 9.59 Å². The normalized spacial score (nSPS) is 12.4. The molecular formula is C11H19NO2. The Kier molecular flexibility index (Phi) is 5.13. The Morgan fingerprint density at radius 1 is 1.36 bits per heavy atom. The van der Waals surface area contributed by atoms with Crippen molar-refractivity contribution in [2.45, 2.75) is 46.2 Å².